The molecule has 118 valence electrons. The van der Waals surface area contributed by atoms with Crippen LogP contribution >= 0.6 is 12.4 Å². The van der Waals surface area contributed by atoms with Crippen molar-refractivity contribution in [3.8, 4) is 5.75 Å². The van der Waals surface area contributed by atoms with Crippen LogP contribution in [0.5, 0.6) is 5.75 Å². The summed E-state index contributed by atoms with van der Waals surface area (Å²) in [5.74, 6) is 0.0625. The molecular weight excluding hydrogens is 290 g/mol. The van der Waals surface area contributed by atoms with E-state index in [2.05, 4.69) is 30.9 Å². The van der Waals surface area contributed by atoms with Gasteiger partial charge < -0.3 is 14.7 Å². The predicted octanol–water partition coefficient (Wildman–Crippen LogP) is 2.90. The van der Waals surface area contributed by atoms with Gasteiger partial charge in [-0.1, -0.05) is 6.07 Å². The van der Waals surface area contributed by atoms with Gasteiger partial charge in [0.25, 0.3) is 0 Å². The number of hydrogen-bond acceptors (Lipinski definition) is 3. The predicted molar refractivity (Wildman–Crippen MR) is 85.5 cm³/mol. The van der Waals surface area contributed by atoms with Crippen LogP contribution in [0.25, 0.3) is 0 Å². The van der Waals surface area contributed by atoms with Crippen molar-refractivity contribution in [1.82, 2.24) is 4.90 Å². The van der Waals surface area contributed by atoms with Crippen molar-refractivity contribution >= 4 is 18.4 Å². The third kappa shape index (κ3) is 5.21. The van der Waals surface area contributed by atoms with E-state index in [4.69, 9.17) is 9.84 Å². The summed E-state index contributed by atoms with van der Waals surface area (Å²) in [6, 6.07) is 6.13. The minimum Gasteiger partial charge on any atom is -0.494 e. The van der Waals surface area contributed by atoms with E-state index in [1.807, 2.05) is 6.07 Å². The molecule has 1 aromatic rings. The van der Waals surface area contributed by atoms with Crippen LogP contribution < -0.4 is 4.74 Å². The molecule has 1 fully saturated rings. The van der Waals surface area contributed by atoms with Gasteiger partial charge in [0.2, 0.25) is 0 Å². The highest BCUT2D eigenvalue weighted by atomic mass is 35.5. The summed E-state index contributed by atoms with van der Waals surface area (Å²) in [4.78, 5) is 13.1. The van der Waals surface area contributed by atoms with Crippen molar-refractivity contribution in [3.05, 3.63) is 29.3 Å². The van der Waals surface area contributed by atoms with Gasteiger partial charge in [0.05, 0.1) is 12.5 Å². The second kappa shape index (κ2) is 8.25. The molecule has 1 aliphatic rings. The Morgan fingerprint density at radius 1 is 1.38 bits per heavy atom. The van der Waals surface area contributed by atoms with Gasteiger partial charge >= 0.3 is 5.97 Å². The molecule has 4 nitrogen and oxygen atoms in total. The normalized spacial score (nSPS) is 18.3. The molecule has 0 amide bonds. The number of ether oxygens (including phenoxy) is 1. The van der Waals surface area contributed by atoms with Crippen molar-refractivity contribution in [2.45, 2.75) is 26.7 Å². The molecule has 2 rings (SSSR count). The molecular formula is C16H24ClNO3. The zero-order valence-electron chi connectivity index (χ0n) is 12.7. The van der Waals surface area contributed by atoms with Gasteiger partial charge in [-0.25, -0.2) is 0 Å². The maximum Gasteiger partial charge on any atom is 0.307 e. The number of aliphatic carboxylic acids is 1. The maximum atomic E-state index is 10.9. The standard InChI is InChI=1S/C16H23NO3.ClH/c1-12-4-5-15(10-13(12)2)20-9-3-7-17-8-6-14(11-17)16(18)19;/h4-5,10,14H,3,6-9,11H2,1-2H3,(H,18,19);1H. The molecule has 21 heavy (non-hydrogen) atoms. The van der Waals surface area contributed by atoms with E-state index in [0.29, 0.717) is 13.2 Å². The Kier molecular flexibility index (Phi) is 6.99. The minimum atomic E-state index is -0.668. The number of benzene rings is 1. The first kappa shape index (κ1) is 17.8. The Hall–Kier alpha value is -1.26. The highest BCUT2D eigenvalue weighted by molar-refractivity contribution is 5.85. The van der Waals surface area contributed by atoms with Crippen LogP contribution in [0.15, 0.2) is 18.2 Å². The van der Waals surface area contributed by atoms with Gasteiger partial charge in [-0.15, -0.1) is 12.4 Å². The van der Waals surface area contributed by atoms with Gasteiger partial charge in [0, 0.05) is 13.1 Å². The number of carboxylic acid groups (broad SMARTS) is 1. The van der Waals surface area contributed by atoms with Crippen molar-refractivity contribution in [2.24, 2.45) is 5.92 Å². The van der Waals surface area contributed by atoms with E-state index in [1.54, 1.807) is 0 Å². The SMILES string of the molecule is Cc1ccc(OCCCN2CCC(C(=O)O)C2)cc1C.Cl. The summed E-state index contributed by atoms with van der Waals surface area (Å²) >= 11 is 0. The zero-order chi connectivity index (χ0) is 14.5. The Bertz CT molecular complexity index is 479. The highest BCUT2D eigenvalue weighted by Gasteiger charge is 2.27. The van der Waals surface area contributed by atoms with Crippen molar-refractivity contribution in [1.29, 1.82) is 0 Å². The van der Waals surface area contributed by atoms with Crippen LogP contribution in [0.3, 0.4) is 0 Å². The number of rotatable bonds is 6. The summed E-state index contributed by atoms with van der Waals surface area (Å²) in [6.07, 6.45) is 1.70. The third-order valence-electron chi connectivity index (χ3n) is 3.99. The lowest BCUT2D eigenvalue weighted by molar-refractivity contribution is -0.141. The lowest BCUT2D eigenvalue weighted by Crippen LogP contribution is -2.25. The second-order valence-corrected chi connectivity index (χ2v) is 5.57. The van der Waals surface area contributed by atoms with E-state index in [1.165, 1.54) is 11.1 Å². The second-order valence-electron chi connectivity index (χ2n) is 5.57. The average molecular weight is 314 g/mol. The van der Waals surface area contributed by atoms with Crippen LogP contribution in [0.4, 0.5) is 0 Å². The number of carbonyl (C=O) groups is 1. The molecule has 0 aromatic heterocycles. The molecule has 5 heteroatoms. The van der Waals surface area contributed by atoms with E-state index in [-0.39, 0.29) is 18.3 Å². The minimum absolute atomic E-state index is 0. The Labute approximate surface area is 132 Å². The monoisotopic (exact) mass is 313 g/mol. The molecule has 1 saturated heterocycles. The molecule has 0 radical (unpaired) electrons. The Morgan fingerprint density at radius 3 is 2.76 bits per heavy atom. The lowest BCUT2D eigenvalue weighted by atomic mass is 10.1. The number of aryl methyl sites for hydroxylation is 2. The number of halogens is 1. The quantitative estimate of drug-likeness (QED) is 0.820. The molecule has 1 atom stereocenters. The van der Waals surface area contributed by atoms with Crippen LogP contribution in [-0.2, 0) is 4.79 Å². The molecule has 1 heterocycles. The fraction of sp³-hybridized carbons (Fsp3) is 0.562. The van der Waals surface area contributed by atoms with Crippen molar-refractivity contribution in [3.63, 3.8) is 0 Å². The number of likely N-dealkylation sites (tertiary alicyclic amines) is 1. The molecule has 1 unspecified atom stereocenters. The van der Waals surface area contributed by atoms with Gasteiger partial charge in [-0.3, -0.25) is 4.79 Å². The number of nitrogens with zero attached hydrogens (tertiary/aromatic N) is 1. The molecule has 1 aromatic carbocycles. The molecule has 0 bridgehead atoms. The summed E-state index contributed by atoms with van der Waals surface area (Å²) in [5.41, 5.74) is 2.51. The lowest BCUT2D eigenvalue weighted by Gasteiger charge is -2.15. The molecule has 1 aliphatic heterocycles. The average Bonchev–Trinajstić information content (AvgIpc) is 2.88. The van der Waals surface area contributed by atoms with Gasteiger partial charge in [-0.05, 0) is 56.5 Å². The summed E-state index contributed by atoms with van der Waals surface area (Å²) < 4.78 is 5.73. The molecule has 0 spiro atoms. The van der Waals surface area contributed by atoms with Gasteiger partial charge in [-0.2, -0.15) is 0 Å². The van der Waals surface area contributed by atoms with E-state index >= 15 is 0 Å². The number of hydrogen-bond donors (Lipinski definition) is 1. The van der Waals surface area contributed by atoms with E-state index < -0.39 is 5.97 Å². The van der Waals surface area contributed by atoms with Crippen molar-refractivity contribution < 1.29 is 14.6 Å². The van der Waals surface area contributed by atoms with Gasteiger partial charge in [0.15, 0.2) is 0 Å². The highest BCUT2D eigenvalue weighted by Crippen LogP contribution is 2.18. The van der Waals surface area contributed by atoms with Crippen LogP contribution in [0.2, 0.25) is 0 Å². The molecule has 0 aliphatic carbocycles. The fourth-order valence-electron chi connectivity index (χ4n) is 2.52. The van der Waals surface area contributed by atoms with E-state index in [9.17, 15) is 4.79 Å². The van der Waals surface area contributed by atoms with Crippen LogP contribution in [-0.4, -0.2) is 42.2 Å². The van der Waals surface area contributed by atoms with Crippen molar-refractivity contribution in [2.75, 3.05) is 26.2 Å². The first-order chi connectivity index (χ1) is 9.56. The largest absolute Gasteiger partial charge is 0.494 e. The maximum absolute atomic E-state index is 10.9. The van der Waals surface area contributed by atoms with Crippen LogP contribution in [0.1, 0.15) is 24.0 Å². The Morgan fingerprint density at radius 2 is 2.14 bits per heavy atom. The first-order valence-electron chi connectivity index (χ1n) is 7.21. The number of carboxylic acids is 1. The van der Waals surface area contributed by atoms with Gasteiger partial charge in [0.1, 0.15) is 5.75 Å². The Balaban J connectivity index is 0.00000220. The molecule has 0 saturated carbocycles. The zero-order valence-corrected chi connectivity index (χ0v) is 13.5. The fourth-order valence-corrected chi connectivity index (χ4v) is 2.52. The summed E-state index contributed by atoms with van der Waals surface area (Å²) in [5, 5.41) is 8.95. The third-order valence-corrected chi connectivity index (χ3v) is 3.99. The first-order valence-corrected chi connectivity index (χ1v) is 7.21. The topological polar surface area (TPSA) is 49.8 Å². The van der Waals surface area contributed by atoms with Crippen LogP contribution in [0, 0.1) is 19.8 Å². The summed E-state index contributed by atoms with van der Waals surface area (Å²) in [7, 11) is 0. The van der Waals surface area contributed by atoms with E-state index in [0.717, 1.165) is 31.7 Å². The smallest absolute Gasteiger partial charge is 0.307 e. The summed E-state index contributed by atoms with van der Waals surface area (Å²) in [6.45, 7) is 7.33. The molecule has 1 N–H and O–H groups in total.